The first kappa shape index (κ1) is 29.2. The number of carbonyl (C=O) groups excluding carboxylic acids is 3. The number of ether oxygens (including phenoxy) is 2. The summed E-state index contributed by atoms with van der Waals surface area (Å²) in [6, 6.07) is 12.7. The predicted octanol–water partition coefficient (Wildman–Crippen LogP) is 7.31. The molecule has 202 valence electrons. The van der Waals surface area contributed by atoms with Crippen molar-refractivity contribution in [3.63, 3.8) is 0 Å². The molecule has 12 heteroatoms. The second-order valence-corrected chi connectivity index (χ2v) is 11.3. The maximum Gasteiger partial charge on any atom is 0.293 e. The van der Waals surface area contributed by atoms with Crippen molar-refractivity contribution < 1.29 is 28.2 Å². The minimum atomic E-state index is -0.600. The normalized spacial score (nSPS) is 14.2. The highest BCUT2D eigenvalue weighted by atomic mass is 127. The van der Waals surface area contributed by atoms with Gasteiger partial charge in [-0.05, 0) is 94.9 Å². The van der Waals surface area contributed by atoms with E-state index in [-0.39, 0.29) is 34.6 Å². The van der Waals surface area contributed by atoms with Crippen LogP contribution >= 0.6 is 57.6 Å². The van der Waals surface area contributed by atoms with Gasteiger partial charge >= 0.3 is 0 Å². The van der Waals surface area contributed by atoms with Gasteiger partial charge in [0.2, 0.25) is 0 Å². The number of anilines is 1. The lowest BCUT2D eigenvalue weighted by Crippen LogP contribution is -2.28. The number of hydrogen-bond donors (Lipinski definition) is 1. The number of thioether (sulfide) groups is 1. The Morgan fingerprint density at radius 2 is 1.92 bits per heavy atom. The van der Waals surface area contributed by atoms with Crippen LogP contribution in [0.15, 0.2) is 53.4 Å². The molecular formula is C27H20Cl2FIN2O5S. The molecule has 0 spiro atoms. The van der Waals surface area contributed by atoms with Gasteiger partial charge < -0.3 is 14.8 Å². The molecule has 0 atom stereocenters. The fraction of sp³-hybridized carbons (Fsp3) is 0.148. The maximum absolute atomic E-state index is 14.2. The summed E-state index contributed by atoms with van der Waals surface area (Å²) < 4.78 is 26.0. The minimum absolute atomic E-state index is 0.0648. The molecule has 7 nitrogen and oxygen atoms in total. The zero-order chi connectivity index (χ0) is 28.3. The molecule has 0 aliphatic carbocycles. The first-order valence-corrected chi connectivity index (χ1v) is 14.0. The summed E-state index contributed by atoms with van der Waals surface area (Å²) in [6.07, 6.45) is 1.54. The van der Waals surface area contributed by atoms with Crippen LogP contribution in [-0.2, 0) is 16.1 Å². The van der Waals surface area contributed by atoms with E-state index in [1.165, 1.54) is 31.4 Å². The summed E-state index contributed by atoms with van der Waals surface area (Å²) in [7, 11) is 1.45. The van der Waals surface area contributed by atoms with E-state index in [1.54, 1.807) is 30.3 Å². The van der Waals surface area contributed by atoms with Gasteiger partial charge in [-0.15, -0.1) is 0 Å². The van der Waals surface area contributed by atoms with Gasteiger partial charge in [0.25, 0.3) is 17.1 Å². The first-order chi connectivity index (χ1) is 18.6. The van der Waals surface area contributed by atoms with E-state index in [4.69, 9.17) is 32.7 Å². The lowest BCUT2D eigenvalue weighted by Gasteiger charge is -2.14. The third-order valence-corrected chi connectivity index (χ3v) is 8.07. The lowest BCUT2D eigenvalue weighted by molar-refractivity contribution is -0.123. The fourth-order valence-electron chi connectivity index (χ4n) is 3.60. The topological polar surface area (TPSA) is 84.9 Å². The van der Waals surface area contributed by atoms with Crippen LogP contribution in [-0.4, -0.2) is 35.7 Å². The second kappa shape index (κ2) is 12.6. The highest BCUT2D eigenvalue weighted by Gasteiger charge is 2.36. The average molecular weight is 701 g/mol. The van der Waals surface area contributed by atoms with E-state index in [0.717, 1.165) is 22.2 Å². The maximum atomic E-state index is 14.2. The number of imide groups is 1. The number of methoxy groups -OCH3 is 1. The van der Waals surface area contributed by atoms with Crippen LogP contribution in [0.2, 0.25) is 10.0 Å². The van der Waals surface area contributed by atoms with Crippen LogP contribution in [0.5, 0.6) is 11.5 Å². The van der Waals surface area contributed by atoms with E-state index in [0.29, 0.717) is 31.3 Å². The zero-order valence-corrected chi connectivity index (χ0v) is 25.0. The zero-order valence-electron chi connectivity index (χ0n) is 20.5. The Labute approximate surface area is 251 Å². The molecule has 1 aliphatic heterocycles. The summed E-state index contributed by atoms with van der Waals surface area (Å²) in [5.41, 5.74) is 2.07. The molecule has 1 heterocycles. The van der Waals surface area contributed by atoms with Gasteiger partial charge in [0.05, 0.1) is 22.1 Å². The van der Waals surface area contributed by atoms with Gasteiger partial charge in [0.15, 0.2) is 18.1 Å². The van der Waals surface area contributed by atoms with E-state index in [1.807, 2.05) is 29.5 Å². The minimum Gasteiger partial charge on any atom is -0.493 e. The largest absolute Gasteiger partial charge is 0.493 e. The Balaban J connectivity index is 1.48. The molecule has 1 saturated heterocycles. The number of amides is 3. The molecule has 0 saturated carbocycles. The molecule has 3 amide bonds. The number of aryl methyl sites for hydroxylation is 1. The van der Waals surface area contributed by atoms with Crippen molar-refractivity contribution in [2.75, 3.05) is 19.0 Å². The smallest absolute Gasteiger partial charge is 0.293 e. The van der Waals surface area contributed by atoms with Gasteiger partial charge in [-0.2, -0.15) is 0 Å². The lowest BCUT2D eigenvalue weighted by atomic mass is 10.1. The van der Waals surface area contributed by atoms with E-state index >= 15 is 0 Å². The van der Waals surface area contributed by atoms with Crippen LogP contribution in [0.4, 0.5) is 14.9 Å². The molecular weight excluding hydrogens is 681 g/mol. The molecule has 1 aliphatic rings. The third kappa shape index (κ3) is 6.86. The molecule has 4 rings (SSSR count). The first-order valence-electron chi connectivity index (χ1n) is 11.3. The Hall–Kier alpha value is -2.80. The van der Waals surface area contributed by atoms with Crippen LogP contribution in [0.1, 0.15) is 16.7 Å². The summed E-state index contributed by atoms with van der Waals surface area (Å²) in [4.78, 5) is 39.0. The van der Waals surface area contributed by atoms with Crippen molar-refractivity contribution in [1.29, 1.82) is 0 Å². The van der Waals surface area contributed by atoms with Crippen molar-refractivity contribution in [3.05, 3.63) is 89.6 Å². The molecule has 1 N–H and O–H groups in total. The Morgan fingerprint density at radius 1 is 1.15 bits per heavy atom. The van der Waals surface area contributed by atoms with E-state index in [9.17, 15) is 18.8 Å². The Bertz CT molecular complexity index is 1500. The third-order valence-electron chi connectivity index (χ3n) is 5.60. The molecule has 3 aromatic carbocycles. The molecule has 1 fully saturated rings. The predicted molar refractivity (Wildman–Crippen MR) is 159 cm³/mol. The van der Waals surface area contributed by atoms with Gasteiger partial charge in [-0.1, -0.05) is 35.3 Å². The molecule has 0 radical (unpaired) electrons. The van der Waals surface area contributed by atoms with Crippen molar-refractivity contribution in [3.8, 4) is 11.5 Å². The highest BCUT2D eigenvalue weighted by Crippen LogP contribution is 2.38. The highest BCUT2D eigenvalue weighted by molar-refractivity contribution is 14.1. The standard InChI is InChI=1S/C27H20Cl2FIN2O5S/c1-14-6-7-16(11-19(14)29)32-24(34)13-38-25-21(31)8-15(9-22(25)37-2)10-23-26(35)33(27(36)39-23)12-17-18(28)4-3-5-20(17)30/h3-11H,12-13H2,1-2H3,(H,32,34)/b23-10-. The Kier molecular flexibility index (Phi) is 9.42. The van der Waals surface area contributed by atoms with Gasteiger partial charge in [-0.25, -0.2) is 4.39 Å². The number of benzene rings is 3. The molecule has 3 aromatic rings. The van der Waals surface area contributed by atoms with Crippen LogP contribution in [0.25, 0.3) is 6.08 Å². The number of carbonyl (C=O) groups is 3. The second-order valence-electron chi connectivity index (χ2n) is 8.30. The van der Waals surface area contributed by atoms with Crippen LogP contribution in [0, 0.1) is 16.3 Å². The monoisotopic (exact) mass is 700 g/mol. The average Bonchev–Trinajstić information content (AvgIpc) is 3.14. The number of nitrogens with zero attached hydrogens (tertiary/aromatic N) is 1. The van der Waals surface area contributed by atoms with Crippen molar-refractivity contribution in [1.82, 2.24) is 4.90 Å². The SMILES string of the molecule is COc1cc(/C=C2\SC(=O)N(Cc3c(F)cccc3Cl)C2=O)cc(I)c1OCC(=O)Nc1ccc(C)c(Cl)c1. The number of rotatable bonds is 8. The number of hydrogen-bond acceptors (Lipinski definition) is 6. The molecule has 0 unspecified atom stereocenters. The quantitative estimate of drug-likeness (QED) is 0.196. The van der Waals surface area contributed by atoms with E-state index < -0.39 is 17.0 Å². The van der Waals surface area contributed by atoms with Gasteiger partial charge in [0, 0.05) is 21.3 Å². The Morgan fingerprint density at radius 3 is 2.62 bits per heavy atom. The number of nitrogens with one attached hydrogen (secondary N) is 1. The van der Waals surface area contributed by atoms with Crippen LogP contribution in [0.3, 0.4) is 0 Å². The summed E-state index contributed by atoms with van der Waals surface area (Å²) >= 11 is 14.9. The van der Waals surface area contributed by atoms with Gasteiger partial charge in [0.1, 0.15) is 5.82 Å². The summed E-state index contributed by atoms with van der Waals surface area (Å²) in [6.45, 7) is 1.30. The molecule has 0 bridgehead atoms. The van der Waals surface area contributed by atoms with Crippen molar-refractivity contribution in [2.45, 2.75) is 13.5 Å². The van der Waals surface area contributed by atoms with E-state index in [2.05, 4.69) is 5.32 Å². The van der Waals surface area contributed by atoms with Crippen molar-refractivity contribution in [2.24, 2.45) is 0 Å². The fourth-order valence-corrected chi connectivity index (χ4v) is 5.62. The molecule has 39 heavy (non-hydrogen) atoms. The summed E-state index contributed by atoms with van der Waals surface area (Å²) in [5, 5.41) is 2.86. The summed E-state index contributed by atoms with van der Waals surface area (Å²) in [5.74, 6) is -0.880. The van der Waals surface area contributed by atoms with Crippen LogP contribution < -0.4 is 14.8 Å². The van der Waals surface area contributed by atoms with Crippen molar-refractivity contribution >= 4 is 86.4 Å². The molecule has 0 aromatic heterocycles. The number of halogens is 4. The van der Waals surface area contributed by atoms with Gasteiger partial charge in [-0.3, -0.25) is 19.3 Å².